The van der Waals surface area contributed by atoms with Gasteiger partial charge in [-0.25, -0.2) is 0 Å². The average molecular weight is 268 g/mol. The highest BCUT2D eigenvalue weighted by Gasteiger charge is 2.03. The van der Waals surface area contributed by atoms with Crippen molar-refractivity contribution in [2.75, 3.05) is 11.6 Å². The van der Waals surface area contributed by atoms with Gasteiger partial charge in [-0.1, -0.05) is 23.7 Å². The van der Waals surface area contributed by atoms with Gasteiger partial charge >= 0.3 is 0 Å². The highest BCUT2D eigenvalue weighted by Crippen LogP contribution is 2.21. The number of hydrogen-bond donors (Lipinski definition) is 1. The van der Waals surface area contributed by atoms with Crippen LogP contribution in [0.2, 0.25) is 5.02 Å². The third kappa shape index (κ3) is 3.45. The number of hydrogen-bond acceptors (Lipinski definition) is 3. The first kappa shape index (κ1) is 12.4. The van der Waals surface area contributed by atoms with Crippen molar-refractivity contribution in [1.82, 2.24) is 0 Å². The molecule has 0 fully saturated rings. The van der Waals surface area contributed by atoms with Gasteiger partial charge in [0.15, 0.2) is 0 Å². The summed E-state index contributed by atoms with van der Waals surface area (Å²) >= 11 is 7.80. The minimum Gasteiger partial charge on any atom is -0.463 e. The Hall–Kier alpha value is -1.06. The lowest BCUT2D eigenvalue weighted by atomic mass is 10.3. The van der Waals surface area contributed by atoms with E-state index in [-0.39, 0.29) is 0 Å². The molecule has 0 aliphatic heterocycles. The second-order valence-electron chi connectivity index (χ2n) is 3.63. The molecule has 2 nitrogen and oxygen atoms in total. The van der Waals surface area contributed by atoms with Crippen LogP contribution < -0.4 is 5.32 Å². The summed E-state index contributed by atoms with van der Waals surface area (Å²) in [5.41, 5.74) is 0.928. The summed E-state index contributed by atoms with van der Waals surface area (Å²) in [6.07, 6.45) is 2.06. The topological polar surface area (TPSA) is 25.2 Å². The fraction of sp³-hybridized carbons (Fsp3) is 0.231. The number of para-hydroxylation sites is 1. The molecule has 4 heteroatoms. The van der Waals surface area contributed by atoms with E-state index in [1.165, 1.54) is 0 Å². The van der Waals surface area contributed by atoms with E-state index in [1.807, 2.05) is 36.4 Å². The highest BCUT2D eigenvalue weighted by atomic mass is 35.5. The minimum absolute atomic E-state index is 0.651. The van der Waals surface area contributed by atoms with Gasteiger partial charge in [0.05, 0.1) is 23.0 Å². The number of benzene rings is 1. The molecule has 0 bridgehead atoms. The van der Waals surface area contributed by atoms with Gasteiger partial charge < -0.3 is 9.73 Å². The molecule has 0 aliphatic carbocycles. The van der Waals surface area contributed by atoms with E-state index in [0.29, 0.717) is 6.54 Å². The van der Waals surface area contributed by atoms with Crippen LogP contribution in [0, 0.1) is 0 Å². The Morgan fingerprint density at radius 2 is 1.94 bits per heavy atom. The second-order valence-corrected chi connectivity index (χ2v) is 4.91. The van der Waals surface area contributed by atoms with Crippen LogP contribution >= 0.6 is 23.4 Å². The quantitative estimate of drug-likeness (QED) is 0.869. The van der Waals surface area contributed by atoms with Crippen molar-refractivity contribution >= 4 is 29.1 Å². The van der Waals surface area contributed by atoms with Crippen LogP contribution in [0.4, 0.5) is 5.69 Å². The summed E-state index contributed by atoms with van der Waals surface area (Å²) in [6, 6.07) is 11.7. The van der Waals surface area contributed by atoms with Crippen LogP contribution in [0.15, 0.2) is 40.8 Å². The normalized spacial score (nSPS) is 10.5. The standard InChI is InChI=1S/C13H14ClNOS/c1-17-9-11-7-6-10(16-11)8-15-13-5-3-2-4-12(13)14/h2-7,15H,8-9H2,1H3. The molecule has 2 aromatic rings. The number of rotatable bonds is 5. The number of furan rings is 1. The van der Waals surface area contributed by atoms with Crippen LogP contribution in [0.3, 0.4) is 0 Å². The van der Waals surface area contributed by atoms with E-state index < -0.39 is 0 Å². The Morgan fingerprint density at radius 3 is 2.71 bits per heavy atom. The molecule has 0 aliphatic rings. The number of nitrogens with one attached hydrogen (secondary N) is 1. The van der Waals surface area contributed by atoms with Gasteiger partial charge in [0.1, 0.15) is 11.5 Å². The molecule has 90 valence electrons. The summed E-state index contributed by atoms with van der Waals surface area (Å²) in [4.78, 5) is 0. The monoisotopic (exact) mass is 267 g/mol. The summed E-state index contributed by atoms with van der Waals surface area (Å²) in [5.74, 6) is 2.84. The maximum Gasteiger partial charge on any atom is 0.123 e. The van der Waals surface area contributed by atoms with Crippen LogP contribution in [0.5, 0.6) is 0 Å². The van der Waals surface area contributed by atoms with E-state index in [4.69, 9.17) is 16.0 Å². The molecule has 1 N–H and O–H groups in total. The number of thioether (sulfide) groups is 1. The van der Waals surface area contributed by atoms with Crippen molar-refractivity contribution in [2.24, 2.45) is 0 Å². The molecule has 0 amide bonds. The number of halogens is 1. The zero-order valence-corrected chi connectivity index (χ0v) is 11.1. The molecule has 0 unspecified atom stereocenters. The Balaban J connectivity index is 1.95. The van der Waals surface area contributed by atoms with E-state index in [2.05, 4.69) is 11.6 Å². The first-order valence-electron chi connectivity index (χ1n) is 5.34. The lowest BCUT2D eigenvalue weighted by Gasteiger charge is -2.05. The van der Waals surface area contributed by atoms with Crippen molar-refractivity contribution in [2.45, 2.75) is 12.3 Å². The summed E-state index contributed by atoms with van der Waals surface area (Å²) < 4.78 is 5.66. The van der Waals surface area contributed by atoms with Gasteiger partial charge in [-0.05, 0) is 30.5 Å². The Bertz CT molecular complexity index is 484. The Morgan fingerprint density at radius 1 is 1.18 bits per heavy atom. The molecule has 0 spiro atoms. The Labute approximate surface area is 110 Å². The highest BCUT2D eigenvalue weighted by molar-refractivity contribution is 7.97. The van der Waals surface area contributed by atoms with Crippen LogP contribution in [0.1, 0.15) is 11.5 Å². The lowest BCUT2D eigenvalue weighted by Crippen LogP contribution is -1.98. The summed E-state index contributed by atoms with van der Waals surface area (Å²) in [6.45, 7) is 0.651. The van der Waals surface area contributed by atoms with Gasteiger partial charge in [0.2, 0.25) is 0 Å². The van der Waals surface area contributed by atoms with Gasteiger partial charge in [-0.3, -0.25) is 0 Å². The predicted molar refractivity (Wildman–Crippen MR) is 74.7 cm³/mol. The fourth-order valence-corrected chi connectivity index (χ4v) is 2.17. The van der Waals surface area contributed by atoms with Crippen molar-refractivity contribution in [3.63, 3.8) is 0 Å². The molecule has 1 heterocycles. The zero-order valence-electron chi connectivity index (χ0n) is 9.57. The SMILES string of the molecule is CSCc1ccc(CNc2ccccc2Cl)o1. The molecule has 0 atom stereocenters. The fourth-order valence-electron chi connectivity index (χ4n) is 1.52. The molecule has 2 rings (SSSR count). The average Bonchev–Trinajstić information content (AvgIpc) is 2.76. The van der Waals surface area contributed by atoms with E-state index >= 15 is 0 Å². The van der Waals surface area contributed by atoms with E-state index in [9.17, 15) is 0 Å². The molecular weight excluding hydrogens is 254 g/mol. The van der Waals surface area contributed by atoms with Gasteiger partial charge in [0.25, 0.3) is 0 Å². The molecule has 0 radical (unpaired) electrons. The van der Waals surface area contributed by atoms with E-state index in [1.54, 1.807) is 11.8 Å². The van der Waals surface area contributed by atoms with Crippen molar-refractivity contribution < 1.29 is 4.42 Å². The maximum atomic E-state index is 6.05. The molecule has 0 saturated carbocycles. The van der Waals surface area contributed by atoms with Crippen LogP contribution in [0.25, 0.3) is 0 Å². The van der Waals surface area contributed by atoms with Crippen molar-refractivity contribution in [3.05, 3.63) is 52.9 Å². The smallest absolute Gasteiger partial charge is 0.123 e. The first-order chi connectivity index (χ1) is 8.29. The summed E-state index contributed by atoms with van der Waals surface area (Å²) in [5, 5.41) is 3.98. The van der Waals surface area contributed by atoms with Crippen LogP contribution in [-0.4, -0.2) is 6.26 Å². The second kappa shape index (κ2) is 6.03. The number of anilines is 1. The van der Waals surface area contributed by atoms with Crippen LogP contribution in [-0.2, 0) is 12.3 Å². The first-order valence-corrected chi connectivity index (χ1v) is 7.11. The molecule has 0 saturated heterocycles. The maximum absolute atomic E-state index is 6.05. The zero-order chi connectivity index (χ0) is 12.1. The predicted octanol–water partition coefficient (Wildman–Crippen LogP) is 4.41. The minimum atomic E-state index is 0.651. The molecule has 17 heavy (non-hydrogen) atoms. The van der Waals surface area contributed by atoms with E-state index in [0.717, 1.165) is 28.0 Å². The largest absolute Gasteiger partial charge is 0.463 e. The lowest BCUT2D eigenvalue weighted by molar-refractivity contribution is 0.487. The van der Waals surface area contributed by atoms with Crippen molar-refractivity contribution in [1.29, 1.82) is 0 Å². The van der Waals surface area contributed by atoms with Gasteiger partial charge in [0, 0.05) is 0 Å². The molecule has 1 aromatic carbocycles. The van der Waals surface area contributed by atoms with Crippen molar-refractivity contribution in [3.8, 4) is 0 Å². The van der Waals surface area contributed by atoms with Gasteiger partial charge in [-0.15, -0.1) is 0 Å². The summed E-state index contributed by atoms with van der Waals surface area (Å²) in [7, 11) is 0. The van der Waals surface area contributed by atoms with Gasteiger partial charge in [-0.2, -0.15) is 11.8 Å². The molecule has 1 aromatic heterocycles. The third-order valence-corrected chi connectivity index (χ3v) is 3.23. The molecular formula is C13H14ClNOS. The Kier molecular flexibility index (Phi) is 4.40. The third-order valence-electron chi connectivity index (χ3n) is 2.33.